The van der Waals surface area contributed by atoms with Crippen LogP contribution in [0.1, 0.15) is 74.3 Å². The van der Waals surface area contributed by atoms with Crippen LogP contribution >= 0.6 is 11.3 Å². The van der Waals surface area contributed by atoms with E-state index in [1.54, 1.807) is 0 Å². The lowest BCUT2D eigenvalue weighted by Crippen LogP contribution is -2.57. The molecule has 2 N–H and O–H groups in total. The van der Waals surface area contributed by atoms with Crippen molar-refractivity contribution in [2.45, 2.75) is 81.9 Å². The Morgan fingerprint density at radius 1 is 1.24 bits per heavy atom. The Balaban J connectivity index is 1.24. The highest BCUT2D eigenvalue weighted by atomic mass is 32.1. The summed E-state index contributed by atoms with van der Waals surface area (Å²) in [5.74, 6) is 2.11. The maximum atomic E-state index is 12.6. The summed E-state index contributed by atoms with van der Waals surface area (Å²) >= 11 is 1.47. The molecule has 0 bridgehead atoms. The minimum atomic E-state index is -0.650. The molecule has 4 aliphatic rings. The summed E-state index contributed by atoms with van der Waals surface area (Å²) in [6.45, 7) is 10.7. The number of nitrogen functional groups attached to an aromatic ring is 1. The summed E-state index contributed by atoms with van der Waals surface area (Å²) in [6, 6.07) is 4.48. The molecule has 3 aromatic heterocycles. The number of thiophene rings is 1. The van der Waals surface area contributed by atoms with Gasteiger partial charge in [0.05, 0.1) is 16.5 Å². The number of anilines is 2. The number of hydrogen-bond donors (Lipinski definition) is 1. The molecule has 2 aliphatic carbocycles. The number of rotatable bonds is 7. The monoisotopic (exact) mass is 629 g/mol. The van der Waals surface area contributed by atoms with Crippen molar-refractivity contribution in [2.75, 3.05) is 43.9 Å². The second-order valence-corrected chi connectivity index (χ2v) is 14.2. The number of fused-ring (bicyclic) bond motifs is 1. The van der Waals surface area contributed by atoms with Crippen LogP contribution in [-0.4, -0.2) is 86.7 Å². The Kier molecular flexibility index (Phi) is 7.32. The first-order chi connectivity index (χ1) is 21.7. The summed E-state index contributed by atoms with van der Waals surface area (Å²) in [6.07, 6.45) is 7.96. The van der Waals surface area contributed by atoms with Crippen molar-refractivity contribution in [2.24, 2.45) is 0 Å². The first-order valence-corrected chi connectivity index (χ1v) is 16.6. The van der Waals surface area contributed by atoms with Gasteiger partial charge in [0, 0.05) is 42.2 Å². The molecule has 1 amide bonds. The van der Waals surface area contributed by atoms with E-state index in [2.05, 4.69) is 41.6 Å². The lowest BCUT2D eigenvalue weighted by atomic mass is 9.72. The number of carbonyl (C=O) groups excluding carboxylic acids is 1. The molecule has 236 valence electrons. The molecule has 5 heterocycles. The highest BCUT2D eigenvalue weighted by Crippen LogP contribution is 2.49. The van der Waals surface area contributed by atoms with Crippen LogP contribution in [0.2, 0.25) is 0 Å². The summed E-state index contributed by atoms with van der Waals surface area (Å²) in [7, 11) is 2.13. The fraction of sp³-hybridized carbons (Fsp3) is 0.562. The molecule has 12 nitrogen and oxygen atoms in total. The number of nitriles is 1. The molecule has 1 spiro atoms. The van der Waals surface area contributed by atoms with E-state index in [0.29, 0.717) is 59.7 Å². The Bertz CT molecular complexity index is 1690. The van der Waals surface area contributed by atoms with Gasteiger partial charge >= 0.3 is 0 Å². The van der Waals surface area contributed by atoms with E-state index in [1.807, 2.05) is 17.9 Å². The molecule has 1 saturated carbocycles. The lowest BCUT2D eigenvalue weighted by Gasteiger charge is -2.42. The molecule has 2 aliphatic heterocycles. The van der Waals surface area contributed by atoms with Gasteiger partial charge in [0.1, 0.15) is 23.0 Å². The second-order valence-electron chi connectivity index (χ2n) is 13.1. The maximum absolute atomic E-state index is 12.6. The van der Waals surface area contributed by atoms with Gasteiger partial charge in [-0.25, -0.2) is 4.98 Å². The van der Waals surface area contributed by atoms with Crippen LogP contribution < -0.4 is 15.4 Å². The average molecular weight is 630 g/mol. The van der Waals surface area contributed by atoms with Crippen LogP contribution in [0.4, 0.5) is 10.8 Å². The first kappa shape index (κ1) is 29.7. The Hall–Kier alpha value is -4.02. The lowest BCUT2D eigenvalue weighted by molar-refractivity contribution is -0.129. The standard InChI is InChI=1S/C32H39N9O3S/c1-5-25(42)41-15-14-40(18-32(41)11-12-32)23-16-24(43-19(2)21-8-7-13-39(21)4)36-28(35-23)29-37-30(44-38-29)31(3)10-6-9-22-26(31)20(17-33)27(34)45-22/h5,16,19,21H,1,6-15,18,34H2,2-4H3/t19-,21-,31-/m0/s1. The summed E-state index contributed by atoms with van der Waals surface area (Å²) in [4.78, 5) is 34.8. The van der Waals surface area contributed by atoms with Gasteiger partial charge in [0.25, 0.3) is 0 Å². The van der Waals surface area contributed by atoms with Crippen molar-refractivity contribution >= 4 is 28.1 Å². The van der Waals surface area contributed by atoms with Gasteiger partial charge in [-0.2, -0.15) is 15.2 Å². The van der Waals surface area contributed by atoms with E-state index in [-0.39, 0.29) is 23.4 Å². The minimum Gasteiger partial charge on any atom is -0.473 e. The van der Waals surface area contributed by atoms with Crippen molar-refractivity contribution < 1.29 is 14.1 Å². The van der Waals surface area contributed by atoms with Crippen LogP contribution in [-0.2, 0) is 16.6 Å². The predicted octanol–water partition coefficient (Wildman–Crippen LogP) is 3.91. The third-order valence-electron chi connectivity index (χ3n) is 10.2. The van der Waals surface area contributed by atoms with Crippen molar-refractivity contribution in [3.05, 3.63) is 40.6 Å². The number of nitrogens with two attached hydrogens (primary N) is 1. The van der Waals surface area contributed by atoms with Gasteiger partial charge in [-0.05, 0) is 78.5 Å². The Morgan fingerprint density at radius 2 is 2.07 bits per heavy atom. The quantitative estimate of drug-likeness (QED) is 0.379. The molecule has 0 aromatic carbocycles. The zero-order valence-corrected chi connectivity index (χ0v) is 26.9. The fourth-order valence-corrected chi connectivity index (χ4v) is 8.77. The third-order valence-corrected chi connectivity index (χ3v) is 11.3. The van der Waals surface area contributed by atoms with Gasteiger partial charge in [-0.3, -0.25) is 9.69 Å². The highest BCUT2D eigenvalue weighted by Gasteiger charge is 2.53. The SMILES string of the molecule is C=CC(=O)N1CCN(c2cc(O[C@@H](C)[C@@H]3CCCN3C)nc(-c3noc([C@@]4(C)CCCc5sc(N)c(C#N)c54)n3)n2)CC12CC2. The third kappa shape index (κ3) is 5.04. The molecule has 0 unspecified atom stereocenters. The molecular weight excluding hydrogens is 590 g/mol. The summed E-state index contributed by atoms with van der Waals surface area (Å²) < 4.78 is 12.4. The summed E-state index contributed by atoms with van der Waals surface area (Å²) in [5, 5.41) is 14.8. The van der Waals surface area contributed by atoms with Crippen LogP contribution in [0.15, 0.2) is 23.2 Å². The minimum absolute atomic E-state index is 0.0281. The molecule has 45 heavy (non-hydrogen) atoms. The topological polar surface area (TPSA) is 151 Å². The average Bonchev–Trinajstić information content (AvgIpc) is 3.36. The number of carbonyl (C=O) groups is 1. The van der Waals surface area contributed by atoms with Crippen LogP contribution in [0.25, 0.3) is 11.6 Å². The fourth-order valence-electron chi connectivity index (χ4n) is 7.58. The molecule has 7 rings (SSSR count). The highest BCUT2D eigenvalue weighted by molar-refractivity contribution is 7.16. The molecule has 2 saturated heterocycles. The first-order valence-electron chi connectivity index (χ1n) is 15.8. The largest absolute Gasteiger partial charge is 0.473 e. The molecule has 0 radical (unpaired) electrons. The number of ether oxygens (including phenoxy) is 1. The number of aryl methyl sites for hydroxylation is 1. The van der Waals surface area contributed by atoms with Crippen molar-refractivity contribution in [1.29, 1.82) is 5.26 Å². The van der Waals surface area contributed by atoms with E-state index < -0.39 is 5.41 Å². The van der Waals surface area contributed by atoms with Crippen LogP contribution in [0.5, 0.6) is 5.88 Å². The van der Waals surface area contributed by atoms with E-state index in [0.717, 1.165) is 61.9 Å². The molecule has 3 atom stereocenters. The van der Waals surface area contributed by atoms with E-state index in [4.69, 9.17) is 29.9 Å². The van der Waals surface area contributed by atoms with E-state index in [9.17, 15) is 10.1 Å². The number of hydrogen-bond acceptors (Lipinski definition) is 12. The van der Waals surface area contributed by atoms with Crippen molar-refractivity contribution in [1.82, 2.24) is 29.9 Å². The normalized spacial score (nSPS) is 24.7. The molecule has 3 fully saturated rings. The van der Waals surface area contributed by atoms with Gasteiger partial charge in [0.2, 0.25) is 29.3 Å². The Morgan fingerprint density at radius 3 is 2.78 bits per heavy atom. The van der Waals surface area contributed by atoms with Crippen molar-refractivity contribution in [3.8, 4) is 23.6 Å². The van der Waals surface area contributed by atoms with Gasteiger partial charge in [-0.1, -0.05) is 11.7 Å². The molecule has 13 heteroatoms. The second kappa shape index (κ2) is 11.1. The summed E-state index contributed by atoms with van der Waals surface area (Å²) in [5.41, 5.74) is 6.78. The number of amides is 1. The zero-order chi connectivity index (χ0) is 31.5. The zero-order valence-electron chi connectivity index (χ0n) is 26.1. The van der Waals surface area contributed by atoms with E-state index in [1.165, 1.54) is 17.4 Å². The van der Waals surface area contributed by atoms with Crippen molar-refractivity contribution in [3.63, 3.8) is 0 Å². The molecule has 3 aromatic rings. The number of aromatic nitrogens is 4. The van der Waals surface area contributed by atoms with Crippen LogP contribution in [0, 0.1) is 11.3 Å². The van der Waals surface area contributed by atoms with Gasteiger partial charge in [-0.15, -0.1) is 11.3 Å². The maximum Gasteiger partial charge on any atom is 0.246 e. The smallest absolute Gasteiger partial charge is 0.246 e. The predicted molar refractivity (Wildman–Crippen MR) is 170 cm³/mol. The number of nitrogens with zero attached hydrogens (tertiary/aromatic N) is 8. The van der Waals surface area contributed by atoms with Crippen LogP contribution in [0.3, 0.4) is 0 Å². The number of likely N-dealkylation sites (tertiary alicyclic amines) is 1. The van der Waals surface area contributed by atoms with E-state index >= 15 is 0 Å². The van der Waals surface area contributed by atoms with Gasteiger partial charge < -0.3 is 24.8 Å². The van der Waals surface area contributed by atoms with Gasteiger partial charge in [0.15, 0.2) is 0 Å². The number of likely N-dealkylation sites (N-methyl/N-ethyl adjacent to an activating group) is 1. The molecular formula is C32H39N9O3S. The number of piperazine rings is 1. The Labute approximate surface area is 266 Å².